The highest BCUT2D eigenvalue weighted by Crippen LogP contribution is 2.29. The average molecular weight is 346 g/mol. The molecule has 1 unspecified atom stereocenters. The third kappa shape index (κ3) is 3.74. The van der Waals surface area contributed by atoms with E-state index in [1.165, 1.54) is 4.90 Å². The summed E-state index contributed by atoms with van der Waals surface area (Å²) in [5, 5.41) is 27.1. The number of carboxylic acid groups (broad SMARTS) is 2. The summed E-state index contributed by atoms with van der Waals surface area (Å²) in [6.45, 7) is 2.06. The Morgan fingerprint density at radius 1 is 1.28 bits per heavy atom. The zero-order valence-corrected chi connectivity index (χ0v) is 14.1. The molecule has 1 aliphatic rings. The molecule has 134 valence electrons. The van der Waals surface area contributed by atoms with Crippen molar-refractivity contribution in [2.24, 2.45) is 0 Å². The monoisotopic (exact) mass is 346 g/mol. The van der Waals surface area contributed by atoms with Crippen LogP contribution in [0.25, 0.3) is 10.9 Å². The molecule has 2 heterocycles. The minimum atomic E-state index is -1.07. The number of carbonyl (C=O) groups is 2. The van der Waals surface area contributed by atoms with Gasteiger partial charge in [0, 0.05) is 11.1 Å². The lowest BCUT2D eigenvalue weighted by Gasteiger charge is -2.26. The maximum absolute atomic E-state index is 11.1. The van der Waals surface area contributed by atoms with Crippen molar-refractivity contribution in [2.45, 2.75) is 32.4 Å². The van der Waals surface area contributed by atoms with Gasteiger partial charge in [-0.25, -0.2) is 4.68 Å². The molecule has 3 N–H and O–H groups in total. The van der Waals surface area contributed by atoms with Crippen LogP contribution in [0.3, 0.4) is 0 Å². The standard InChI is InChI=1S/C17H22N4O4/c1-11-6-12-8-19-21(15-4-2-3-5-18-15)14(12)7-13(11)20(9-16(22)23)10-17(24)25/h6-8,15,18H,2-5,9-10H2,1H3,(H,22,23)(H,24,25). The van der Waals surface area contributed by atoms with Crippen LogP contribution in [-0.2, 0) is 9.59 Å². The molecular weight excluding hydrogens is 324 g/mol. The number of aliphatic carboxylic acids is 2. The second-order valence-electron chi connectivity index (χ2n) is 6.40. The molecule has 0 amide bonds. The molecule has 0 radical (unpaired) electrons. The van der Waals surface area contributed by atoms with E-state index >= 15 is 0 Å². The van der Waals surface area contributed by atoms with E-state index in [4.69, 9.17) is 10.2 Å². The van der Waals surface area contributed by atoms with Crippen molar-refractivity contribution in [2.75, 3.05) is 24.5 Å². The number of carboxylic acids is 2. The van der Waals surface area contributed by atoms with E-state index in [1.807, 2.05) is 23.7 Å². The Morgan fingerprint density at radius 3 is 2.60 bits per heavy atom. The summed E-state index contributed by atoms with van der Waals surface area (Å²) in [7, 11) is 0. The second-order valence-corrected chi connectivity index (χ2v) is 6.40. The van der Waals surface area contributed by atoms with Crippen LogP contribution in [0.5, 0.6) is 0 Å². The second kappa shape index (κ2) is 7.10. The van der Waals surface area contributed by atoms with Gasteiger partial charge in [-0.1, -0.05) is 0 Å². The predicted molar refractivity (Wildman–Crippen MR) is 92.8 cm³/mol. The Morgan fingerprint density at radius 2 is 2.00 bits per heavy atom. The van der Waals surface area contributed by atoms with Gasteiger partial charge in [-0.2, -0.15) is 5.10 Å². The SMILES string of the molecule is Cc1cc2cnn(C3CCCCN3)c2cc1N(CC(=O)O)CC(=O)O. The molecule has 1 aromatic carbocycles. The van der Waals surface area contributed by atoms with Crippen molar-refractivity contribution in [1.82, 2.24) is 15.1 Å². The van der Waals surface area contributed by atoms with Crippen molar-refractivity contribution in [1.29, 1.82) is 0 Å². The van der Waals surface area contributed by atoms with Crippen molar-refractivity contribution < 1.29 is 19.8 Å². The fourth-order valence-corrected chi connectivity index (χ4v) is 3.38. The highest BCUT2D eigenvalue weighted by Gasteiger charge is 2.21. The molecular formula is C17H22N4O4. The molecule has 1 atom stereocenters. The van der Waals surface area contributed by atoms with E-state index in [0.29, 0.717) is 5.69 Å². The minimum Gasteiger partial charge on any atom is -0.480 e. The van der Waals surface area contributed by atoms with E-state index in [9.17, 15) is 9.59 Å². The third-order valence-electron chi connectivity index (χ3n) is 4.49. The molecule has 0 bridgehead atoms. The van der Waals surface area contributed by atoms with E-state index in [1.54, 1.807) is 6.20 Å². The summed E-state index contributed by atoms with van der Waals surface area (Å²) in [6.07, 6.45) is 5.15. The lowest BCUT2D eigenvalue weighted by molar-refractivity contribution is -0.136. The summed E-state index contributed by atoms with van der Waals surface area (Å²) >= 11 is 0. The first-order valence-electron chi connectivity index (χ1n) is 8.35. The van der Waals surface area contributed by atoms with Crippen LogP contribution in [-0.4, -0.2) is 51.6 Å². The summed E-state index contributed by atoms with van der Waals surface area (Å²) < 4.78 is 1.91. The lowest BCUT2D eigenvalue weighted by Crippen LogP contribution is -2.35. The number of benzene rings is 1. The summed E-state index contributed by atoms with van der Waals surface area (Å²) in [5.74, 6) is -2.13. The molecule has 3 rings (SSSR count). The molecule has 1 fully saturated rings. The van der Waals surface area contributed by atoms with Gasteiger partial charge in [0.05, 0.1) is 11.7 Å². The maximum Gasteiger partial charge on any atom is 0.323 e. The van der Waals surface area contributed by atoms with Crippen molar-refractivity contribution in [3.63, 3.8) is 0 Å². The maximum atomic E-state index is 11.1. The number of piperidine rings is 1. The molecule has 2 aromatic rings. The molecule has 0 aliphatic carbocycles. The number of hydrogen-bond acceptors (Lipinski definition) is 5. The highest BCUT2D eigenvalue weighted by molar-refractivity contribution is 5.87. The molecule has 0 spiro atoms. The zero-order valence-electron chi connectivity index (χ0n) is 14.1. The number of nitrogens with one attached hydrogen (secondary N) is 1. The van der Waals surface area contributed by atoms with Gasteiger partial charge in [-0.05, 0) is 50.4 Å². The minimum absolute atomic E-state index is 0.106. The van der Waals surface area contributed by atoms with Gasteiger partial charge in [0.2, 0.25) is 0 Å². The molecule has 0 saturated carbocycles. The molecule has 8 heteroatoms. The molecule has 25 heavy (non-hydrogen) atoms. The third-order valence-corrected chi connectivity index (χ3v) is 4.49. The van der Waals surface area contributed by atoms with Crippen LogP contribution < -0.4 is 10.2 Å². The van der Waals surface area contributed by atoms with E-state index in [2.05, 4.69) is 10.4 Å². The van der Waals surface area contributed by atoms with Crippen LogP contribution in [0.4, 0.5) is 5.69 Å². The van der Waals surface area contributed by atoms with Crippen LogP contribution in [0, 0.1) is 6.92 Å². The van der Waals surface area contributed by atoms with Gasteiger partial charge in [0.15, 0.2) is 0 Å². The largest absolute Gasteiger partial charge is 0.480 e. The average Bonchev–Trinajstić information content (AvgIpc) is 2.96. The van der Waals surface area contributed by atoms with Crippen LogP contribution in [0.1, 0.15) is 31.0 Å². The van der Waals surface area contributed by atoms with Crippen LogP contribution in [0.2, 0.25) is 0 Å². The lowest BCUT2D eigenvalue weighted by atomic mass is 10.1. The predicted octanol–water partition coefficient (Wildman–Crippen LogP) is 1.59. The fraction of sp³-hybridized carbons (Fsp3) is 0.471. The van der Waals surface area contributed by atoms with Crippen molar-refractivity contribution >= 4 is 28.5 Å². The smallest absolute Gasteiger partial charge is 0.323 e. The van der Waals surface area contributed by atoms with Crippen LogP contribution in [0.15, 0.2) is 18.3 Å². The van der Waals surface area contributed by atoms with Gasteiger partial charge < -0.3 is 15.1 Å². The number of nitrogens with zero attached hydrogens (tertiary/aromatic N) is 3. The number of aromatic nitrogens is 2. The van der Waals surface area contributed by atoms with Gasteiger partial charge >= 0.3 is 11.9 Å². The Bertz CT molecular complexity index is 779. The molecule has 1 aromatic heterocycles. The highest BCUT2D eigenvalue weighted by atomic mass is 16.4. The fourth-order valence-electron chi connectivity index (χ4n) is 3.38. The number of fused-ring (bicyclic) bond motifs is 1. The van der Waals surface area contributed by atoms with Gasteiger partial charge in [0.1, 0.15) is 19.3 Å². The summed E-state index contributed by atoms with van der Waals surface area (Å²) in [4.78, 5) is 23.6. The van der Waals surface area contributed by atoms with Crippen LogP contribution >= 0.6 is 0 Å². The first kappa shape index (κ1) is 17.2. The Kier molecular flexibility index (Phi) is 4.89. The van der Waals surface area contributed by atoms with E-state index in [-0.39, 0.29) is 19.3 Å². The van der Waals surface area contributed by atoms with Crippen molar-refractivity contribution in [3.8, 4) is 0 Å². The first-order valence-corrected chi connectivity index (χ1v) is 8.35. The van der Waals surface area contributed by atoms with Gasteiger partial charge in [0.25, 0.3) is 0 Å². The molecule has 1 aliphatic heterocycles. The summed E-state index contributed by atoms with van der Waals surface area (Å²) in [6, 6.07) is 3.77. The Balaban J connectivity index is 2.02. The summed E-state index contributed by atoms with van der Waals surface area (Å²) in [5.41, 5.74) is 2.31. The van der Waals surface area contributed by atoms with E-state index < -0.39 is 11.9 Å². The Labute approximate surface area is 145 Å². The number of aryl methyl sites for hydroxylation is 1. The van der Waals surface area contributed by atoms with E-state index in [0.717, 1.165) is 42.3 Å². The molecule has 1 saturated heterocycles. The number of rotatable bonds is 6. The number of anilines is 1. The van der Waals surface area contributed by atoms with Crippen molar-refractivity contribution in [3.05, 3.63) is 23.9 Å². The first-order chi connectivity index (χ1) is 12.0. The normalized spacial score (nSPS) is 17.6. The topological polar surface area (TPSA) is 108 Å². The van der Waals surface area contributed by atoms with Gasteiger partial charge in [-0.3, -0.25) is 14.9 Å². The Hall–Kier alpha value is -2.61. The molecule has 8 nitrogen and oxygen atoms in total. The quantitative estimate of drug-likeness (QED) is 0.729. The van der Waals surface area contributed by atoms with Gasteiger partial charge in [-0.15, -0.1) is 0 Å². The number of hydrogen-bond donors (Lipinski definition) is 3. The zero-order chi connectivity index (χ0) is 18.0.